The SMILES string of the molecule is Cc1ccccc1OCC(C(=O)O)c1ccc(F)cc1. The molecule has 0 saturated heterocycles. The number of carboxylic acid groups (broad SMARTS) is 1. The quantitative estimate of drug-likeness (QED) is 0.909. The first-order valence-electron chi connectivity index (χ1n) is 6.24. The Balaban J connectivity index is 2.13. The molecule has 1 atom stereocenters. The van der Waals surface area contributed by atoms with E-state index in [4.69, 9.17) is 4.74 Å². The summed E-state index contributed by atoms with van der Waals surface area (Å²) in [7, 11) is 0. The summed E-state index contributed by atoms with van der Waals surface area (Å²) in [6.45, 7) is 1.90. The summed E-state index contributed by atoms with van der Waals surface area (Å²) >= 11 is 0. The van der Waals surface area contributed by atoms with Crippen molar-refractivity contribution in [1.82, 2.24) is 0 Å². The number of hydrogen-bond donors (Lipinski definition) is 1. The Morgan fingerprint density at radius 2 is 1.85 bits per heavy atom. The van der Waals surface area contributed by atoms with E-state index < -0.39 is 17.7 Å². The monoisotopic (exact) mass is 274 g/mol. The average Bonchev–Trinajstić information content (AvgIpc) is 2.42. The topological polar surface area (TPSA) is 46.5 Å². The number of carboxylic acids is 1. The molecule has 1 unspecified atom stereocenters. The largest absolute Gasteiger partial charge is 0.492 e. The molecular formula is C16H15FO3. The second kappa shape index (κ2) is 6.19. The molecule has 0 fully saturated rings. The summed E-state index contributed by atoms with van der Waals surface area (Å²) in [4.78, 5) is 11.3. The fraction of sp³-hybridized carbons (Fsp3) is 0.188. The van der Waals surface area contributed by atoms with Gasteiger partial charge in [0.1, 0.15) is 24.1 Å². The van der Waals surface area contributed by atoms with Crippen molar-refractivity contribution >= 4 is 5.97 Å². The summed E-state index contributed by atoms with van der Waals surface area (Å²) in [5.74, 6) is -1.56. The minimum Gasteiger partial charge on any atom is -0.492 e. The van der Waals surface area contributed by atoms with Crippen molar-refractivity contribution in [2.45, 2.75) is 12.8 Å². The third-order valence-corrected chi connectivity index (χ3v) is 3.07. The summed E-state index contributed by atoms with van der Waals surface area (Å²) in [5, 5.41) is 9.27. The number of halogens is 1. The molecule has 2 rings (SSSR count). The van der Waals surface area contributed by atoms with Crippen molar-refractivity contribution < 1.29 is 19.0 Å². The average molecular weight is 274 g/mol. The van der Waals surface area contributed by atoms with Gasteiger partial charge >= 0.3 is 5.97 Å². The van der Waals surface area contributed by atoms with Crippen LogP contribution in [0.2, 0.25) is 0 Å². The van der Waals surface area contributed by atoms with Gasteiger partial charge in [0.15, 0.2) is 0 Å². The molecule has 4 heteroatoms. The van der Waals surface area contributed by atoms with Crippen LogP contribution in [0.4, 0.5) is 4.39 Å². The normalized spacial score (nSPS) is 11.9. The Hall–Kier alpha value is -2.36. The van der Waals surface area contributed by atoms with Gasteiger partial charge in [-0.2, -0.15) is 0 Å². The highest BCUT2D eigenvalue weighted by molar-refractivity contribution is 5.76. The number of aliphatic carboxylic acids is 1. The molecule has 0 spiro atoms. The van der Waals surface area contributed by atoms with Crippen molar-refractivity contribution in [1.29, 1.82) is 0 Å². The highest BCUT2D eigenvalue weighted by Crippen LogP contribution is 2.21. The Labute approximate surface area is 116 Å². The fourth-order valence-corrected chi connectivity index (χ4v) is 1.90. The zero-order valence-corrected chi connectivity index (χ0v) is 11.0. The zero-order chi connectivity index (χ0) is 14.5. The first-order chi connectivity index (χ1) is 9.58. The molecule has 20 heavy (non-hydrogen) atoms. The third-order valence-electron chi connectivity index (χ3n) is 3.07. The third kappa shape index (κ3) is 3.35. The lowest BCUT2D eigenvalue weighted by molar-refractivity contribution is -0.139. The van der Waals surface area contributed by atoms with Crippen molar-refractivity contribution in [2.75, 3.05) is 6.61 Å². The van der Waals surface area contributed by atoms with Gasteiger partial charge < -0.3 is 9.84 Å². The molecular weight excluding hydrogens is 259 g/mol. The minimum atomic E-state index is -0.995. The van der Waals surface area contributed by atoms with Crippen molar-refractivity contribution in [3.63, 3.8) is 0 Å². The summed E-state index contributed by atoms with van der Waals surface area (Å²) in [6, 6.07) is 12.8. The summed E-state index contributed by atoms with van der Waals surface area (Å²) in [5.41, 5.74) is 1.46. The number of carbonyl (C=O) groups is 1. The van der Waals surface area contributed by atoms with Gasteiger partial charge in [-0.3, -0.25) is 4.79 Å². The Morgan fingerprint density at radius 3 is 2.45 bits per heavy atom. The van der Waals surface area contributed by atoms with Gasteiger partial charge in [0.2, 0.25) is 0 Å². The van der Waals surface area contributed by atoms with Crippen LogP contribution < -0.4 is 4.74 Å². The van der Waals surface area contributed by atoms with E-state index in [2.05, 4.69) is 0 Å². The second-order valence-electron chi connectivity index (χ2n) is 4.52. The molecule has 0 amide bonds. The molecule has 0 heterocycles. The van der Waals surface area contributed by atoms with E-state index in [-0.39, 0.29) is 6.61 Å². The predicted molar refractivity (Wildman–Crippen MR) is 73.5 cm³/mol. The van der Waals surface area contributed by atoms with E-state index in [9.17, 15) is 14.3 Å². The number of rotatable bonds is 5. The van der Waals surface area contributed by atoms with Gasteiger partial charge in [-0.25, -0.2) is 4.39 Å². The molecule has 0 radical (unpaired) electrons. The van der Waals surface area contributed by atoms with E-state index >= 15 is 0 Å². The number of hydrogen-bond acceptors (Lipinski definition) is 2. The van der Waals surface area contributed by atoms with Crippen LogP contribution in [-0.2, 0) is 4.79 Å². The number of benzene rings is 2. The molecule has 0 aromatic heterocycles. The number of para-hydroxylation sites is 1. The maximum absolute atomic E-state index is 12.9. The van der Waals surface area contributed by atoms with Gasteiger partial charge in [0.25, 0.3) is 0 Å². The fourth-order valence-electron chi connectivity index (χ4n) is 1.90. The first kappa shape index (κ1) is 14.1. The molecule has 2 aromatic carbocycles. The second-order valence-corrected chi connectivity index (χ2v) is 4.52. The van der Waals surface area contributed by atoms with Crippen LogP contribution in [0.5, 0.6) is 5.75 Å². The van der Waals surface area contributed by atoms with Crippen LogP contribution in [0.3, 0.4) is 0 Å². The Morgan fingerprint density at radius 1 is 1.20 bits per heavy atom. The van der Waals surface area contributed by atoms with Gasteiger partial charge in [-0.1, -0.05) is 30.3 Å². The van der Waals surface area contributed by atoms with Crippen molar-refractivity contribution in [2.24, 2.45) is 0 Å². The van der Waals surface area contributed by atoms with Crippen LogP contribution in [0.25, 0.3) is 0 Å². The van der Waals surface area contributed by atoms with Crippen LogP contribution >= 0.6 is 0 Å². The number of aryl methyl sites for hydroxylation is 1. The summed E-state index contributed by atoms with van der Waals surface area (Å²) < 4.78 is 18.4. The molecule has 0 aliphatic rings. The zero-order valence-electron chi connectivity index (χ0n) is 11.0. The molecule has 3 nitrogen and oxygen atoms in total. The lowest BCUT2D eigenvalue weighted by atomic mass is 10.0. The van der Waals surface area contributed by atoms with Crippen molar-refractivity contribution in [3.05, 3.63) is 65.5 Å². The van der Waals surface area contributed by atoms with Gasteiger partial charge in [0.05, 0.1) is 0 Å². The van der Waals surface area contributed by atoms with Crippen LogP contribution in [0.15, 0.2) is 48.5 Å². The first-order valence-corrected chi connectivity index (χ1v) is 6.24. The maximum atomic E-state index is 12.9. The van der Waals surface area contributed by atoms with E-state index in [1.807, 2.05) is 25.1 Å². The highest BCUT2D eigenvalue weighted by atomic mass is 19.1. The van der Waals surface area contributed by atoms with Crippen LogP contribution in [0, 0.1) is 12.7 Å². The van der Waals surface area contributed by atoms with Crippen molar-refractivity contribution in [3.8, 4) is 5.75 Å². The summed E-state index contributed by atoms with van der Waals surface area (Å²) in [6.07, 6.45) is 0. The van der Waals surface area contributed by atoms with E-state index in [1.165, 1.54) is 24.3 Å². The molecule has 0 saturated carbocycles. The Kier molecular flexibility index (Phi) is 4.35. The van der Waals surface area contributed by atoms with E-state index in [0.29, 0.717) is 11.3 Å². The molecule has 104 valence electrons. The minimum absolute atomic E-state index is 0.00577. The van der Waals surface area contributed by atoms with Crippen LogP contribution in [-0.4, -0.2) is 17.7 Å². The number of ether oxygens (including phenoxy) is 1. The smallest absolute Gasteiger partial charge is 0.314 e. The van der Waals surface area contributed by atoms with E-state index in [1.54, 1.807) is 6.07 Å². The molecule has 0 bridgehead atoms. The van der Waals surface area contributed by atoms with E-state index in [0.717, 1.165) is 5.56 Å². The van der Waals surface area contributed by atoms with Crippen LogP contribution in [0.1, 0.15) is 17.0 Å². The predicted octanol–water partition coefficient (Wildman–Crippen LogP) is 3.38. The maximum Gasteiger partial charge on any atom is 0.314 e. The molecule has 0 aliphatic carbocycles. The highest BCUT2D eigenvalue weighted by Gasteiger charge is 2.21. The lowest BCUT2D eigenvalue weighted by Gasteiger charge is -2.15. The lowest BCUT2D eigenvalue weighted by Crippen LogP contribution is -2.19. The molecule has 2 aromatic rings. The molecule has 0 aliphatic heterocycles. The van der Waals surface area contributed by atoms with Gasteiger partial charge in [0, 0.05) is 0 Å². The Bertz CT molecular complexity index is 593. The van der Waals surface area contributed by atoms with Gasteiger partial charge in [-0.05, 0) is 36.2 Å². The van der Waals surface area contributed by atoms with Gasteiger partial charge in [-0.15, -0.1) is 0 Å². The molecule has 1 N–H and O–H groups in total. The standard InChI is InChI=1S/C16H15FO3/c1-11-4-2-3-5-15(11)20-10-14(16(18)19)12-6-8-13(17)9-7-12/h2-9,14H,10H2,1H3,(H,18,19).